The van der Waals surface area contributed by atoms with Gasteiger partial charge in [-0.3, -0.25) is 9.98 Å². The number of hydrogen-bond donors (Lipinski definition) is 4. The Morgan fingerprint density at radius 2 is 1.86 bits per heavy atom. The fraction of sp³-hybridized carbons (Fsp3) is 0.393. The van der Waals surface area contributed by atoms with Crippen LogP contribution in [0.1, 0.15) is 52.2 Å². The molecule has 188 valence electrons. The number of terminal acetylenes is 1. The molecule has 1 aromatic heterocycles. The largest absolute Gasteiger partial charge is 0.394 e. The van der Waals surface area contributed by atoms with E-state index in [4.69, 9.17) is 0 Å². The minimum Gasteiger partial charge on any atom is -0.394 e. The van der Waals surface area contributed by atoms with Gasteiger partial charge in [0.25, 0.3) is 0 Å². The van der Waals surface area contributed by atoms with Crippen LogP contribution in [0.4, 0.5) is 23.0 Å². The average Bonchev–Trinajstić information content (AvgIpc) is 2.84. The van der Waals surface area contributed by atoms with E-state index in [0.717, 1.165) is 23.2 Å². The molecule has 0 fully saturated rings. The number of pyridine rings is 1. The fourth-order valence-electron chi connectivity index (χ4n) is 3.03. The predicted octanol–water partition coefficient (Wildman–Crippen LogP) is 5.82. The summed E-state index contributed by atoms with van der Waals surface area (Å²) in [6, 6.07) is 10.4. The van der Waals surface area contributed by atoms with Gasteiger partial charge < -0.3 is 21.1 Å². The summed E-state index contributed by atoms with van der Waals surface area (Å²) in [5.74, 6) is 3.59. The molecule has 1 atom stereocenters. The highest BCUT2D eigenvalue weighted by atomic mass is 16.3. The molecule has 0 unspecified atom stereocenters. The Labute approximate surface area is 210 Å². The van der Waals surface area contributed by atoms with Crippen LogP contribution < -0.4 is 16.0 Å². The van der Waals surface area contributed by atoms with Gasteiger partial charge in [-0.1, -0.05) is 37.3 Å². The normalized spacial score (nSPS) is 11.6. The molecule has 0 saturated carbocycles. The second-order valence-corrected chi connectivity index (χ2v) is 8.12. The first-order valence-electron chi connectivity index (χ1n) is 11.9. The number of allylic oxidation sites excluding steroid dienone is 2. The third-order valence-electron chi connectivity index (χ3n) is 4.81. The van der Waals surface area contributed by atoms with Crippen molar-refractivity contribution in [1.29, 1.82) is 0 Å². The molecule has 7 nitrogen and oxygen atoms in total. The van der Waals surface area contributed by atoms with Crippen LogP contribution in [0.25, 0.3) is 0 Å². The molecule has 0 saturated heterocycles. The third-order valence-corrected chi connectivity index (χ3v) is 4.81. The van der Waals surface area contributed by atoms with E-state index in [0.29, 0.717) is 30.4 Å². The van der Waals surface area contributed by atoms with Crippen molar-refractivity contribution in [2.24, 2.45) is 9.98 Å². The average molecular weight is 477 g/mol. The van der Waals surface area contributed by atoms with Gasteiger partial charge in [-0.2, -0.15) is 0 Å². The molecule has 1 heterocycles. The van der Waals surface area contributed by atoms with E-state index in [1.807, 2.05) is 38.3 Å². The monoisotopic (exact) mass is 476 g/mol. The molecule has 0 bridgehead atoms. The van der Waals surface area contributed by atoms with Crippen LogP contribution in [-0.2, 0) is 13.1 Å². The molecule has 2 rings (SSSR count). The van der Waals surface area contributed by atoms with Gasteiger partial charge in [0.2, 0.25) is 0 Å². The number of anilines is 3. The Bertz CT molecular complexity index is 986. The van der Waals surface area contributed by atoms with Gasteiger partial charge in [-0.05, 0) is 58.0 Å². The maximum atomic E-state index is 9.57. The fourth-order valence-corrected chi connectivity index (χ4v) is 3.03. The van der Waals surface area contributed by atoms with Gasteiger partial charge in [-0.25, -0.2) is 4.98 Å². The summed E-state index contributed by atoms with van der Waals surface area (Å²) in [6.45, 7) is 14.8. The van der Waals surface area contributed by atoms with Crippen LogP contribution in [0.15, 0.2) is 52.5 Å². The molecule has 7 heteroatoms. The molecule has 0 aliphatic rings. The Kier molecular flexibility index (Phi) is 14.2. The topological polar surface area (TPSA) is 93.9 Å². The summed E-state index contributed by atoms with van der Waals surface area (Å²) >= 11 is 0. The van der Waals surface area contributed by atoms with Gasteiger partial charge >= 0.3 is 0 Å². The molecule has 0 spiro atoms. The van der Waals surface area contributed by atoms with Crippen molar-refractivity contribution in [3.63, 3.8) is 0 Å². The lowest BCUT2D eigenvalue weighted by Gasteiger charge is -2.20. The highest BCUT2D eigenvalue weighted by molar-refractivity contribution is 5.81. The number of aliphatic imine (C=N–C) groups is 2. The number of rotatable bonds is 13. The lowest BCUT2D eigenvalue weighted by atomic mass is 10.1. The molecule has 0 radical (unpaired) electrons. The quantitative estimate of drug-likeness (QED) is 0.216. The molecular weight excluding hydrogens is 436 g/mol. The zero-order valence-electron chi connectivity index (χ0n) is 21.7. The van der Waals surface area contributed by atoms with Gasteiger partial charge in [0.15, 0.2) is 5.82 Å². The first-order chi connectivity index (χ1) is 16.9. The number of hydrogen-bond acceptors (Lipinski definition) is 7. The van der Waals surface area contributed by atoms with Crippen LogP contribution in [0, 0.1) is 12.3 Å². The van der Waals surface area contributed by atoms with Crippen molar-refractivity contribution in [2.45, 2.75) is 66.2 Å². The van der Waals surface area contributed by atoms with Crippen molar-refractivity contribution in [3.05, 3.63) is 53.6 Å². The molecule has 4 N–H and O–H groups in total. The van der Waals surface area contributed by atoms with Crippen molar-refractivity contribution in [3.8, 4) is 12.3 Å². The standard InChI is InChI=1S/C25H36N6O.C3H4/c1-6-8-13-27-15-19-9-11-20(12-10-19)16-28-22-14-23(30-21(7-2)17-32)31-25(24(22)26-5)29-18(3)4;1-3-2/h6,8-14,18,21,32H,5,7,15-17H2,1-4H3,(H3,28,29,30,31);1H,2H3/b8-6-,27-13?;/t21-;/m0./s1. The Balaban J connectivity index is 0.00000194. The number of aliphatic hydroxyl groups excluding tert-OH is 1. The SMILES string of the molecule is C#CC.C=Nc1c(NCc2ccc(CN=C/C=C\C)cc2)cc(N[C@@H](CC)CO)nc1NC(C)C. The maximum Gasteiger partial charge on any atom is 0.156 e. The molecule has 0 aliphatic carbocycles. The highest BCUT2D eigenvalue weighted by Gasteiger charge is 2.15. The van der Waals surface area contributed by atoms with Crippen molar-refractivity contribution >= 4 is 35.9 Å². The van der Waals surface area contributed by atoms with Crippen LogP contribution in [-0.4, -0.2) is 41.7 Å². The van der Waals surface area contributed by atoms with E-state index >= 15 is 0 Å². The van der Waals surface area contributed by atoms with E-state index < -0.39 is 0 Å². The third kappa shape index (κ3) is 10.9. The van der Waals surface area contributed by atoms with Gasteiger partial charge in [0.05, 0.1) is 24.9 Å². The van der Waals surface area contributed by atoms with E-state index in [9.17, 15) is 5.11 Å². The second kappa shape index (κ2) is 16.9. The zero-order chi connectivity index (χ0) is 26.1. The summed E-state index contributed by atoms with van der Waals surface area (Å²) in [4.78, 5) is 13.3. The highest BCUT2D eigenvalue weighted by Crippen LogP contribution is 2.35. The number of nitrogens with zero attached hydrogens (tertiary/aromatic N) is 3. The van der Waals surface area contributed by atoms with Crippen molar-refractivity contribution < 1.29 is 5.11 Å². The summed E-state index contributed by atoms with van der Waals surface area (Å²) < 4.78 is 0. The van der Waals surface area contributed by atoms with Gasteiger partial charge in [-0.15, -0.1) is 12.3 Å². The maximum absolute atomic E-state index is 9.57. The summed E-state index contributed by atoms with van der Waals surface area (Å²) in [5.41, 5.74) is 3.81. The number of aromatic nitrogens is 1. The molecule has 35 heavy (non-hydrogen) atoms. The molecule has 1 aromatic carbocycles. The Morgan fingerprint density at radius 3 is 2.40 bits per heavy atom. The van der Waals surface area contributed by atoms with Gasteiger partial charge in [0.1, 0.15) is 11.5 Å². The summed E-state index contributed by atoms with van der Waals surface area (Å²) in [7, 11) is 0. The van der Waals surface area contributed by atoms with Crippen LogP contribution in [0.2, 0.25) is 0 Å². The van der Waals surface area contributed by atoms with Crippen LogP contribution in [0.3, 0.4) is 0 Å². The number of benzene rings is 1. The van der Waals surface area contributed by atoms with E-state index in [-0.39, 0.29) is 18.7 Å². The van der Waals surface area contributed by atoms with Crippen molar-refractivity contribution in [1.82, 2.24) is 4.98 Å². The first-order valence-corrected chi connectivity index (χ1v) is 11.9. The Morgan fingerprint density at radius 1 is 1.20 bits per heavy atom. The molecule has 2 aromatic rings. The molecule has 0 aliphatic heterocycles. The van der Waals surface area contributed by atoms with Crippen LogP contribution >= 0.6 is 0 Å². The molecular formula is C28H40N6O. The molecule has 0 amide bonds. The van der Waals surface area contributed by atoms with E-state index in [2.05, 4.69) is 88.1 Å². The van der Waals surface area contributed by atoms with Crippen molar-refractivity contribution in [2.75, 3.05) is 22.6 Å². The summed E-state index contributed by atoms with van der Waals surface area (Å²) in [5, 5.41) is 19.7. The Hall–Kier alpha value is -3.63. The van der Waals surface area contributed by atoms with E-state index in [1.165, 1.54) is 0 Å². The zero-order valence-corrected chi connectivity index (χ0v) is 21.7. The smallest absolute Gasteiger partial charge is 0.156 e. The lowest BCUT2D eigenvalue weighted by molar-refractivity contribution is 0.271. The lowest BCUT2D eigenvalue weighted by Crippen LogP contribution is -2.23. The van der Waals surface area contributed by atoms with E-state index in [1.54, 1.807) is 6.92 Å². The van der Waals surface area contributed by atoms with Gasteiger partial charge in [0, 0.05) is 24.9 Å². The first kappa shape index (κ1) is 29.4. The summed E-state index contributed by atoms with van der Waals surface area (Å²) in [6.07, 6.45) is 11.1. The minimum absolute atomic E-state index is 0.0421. The number of aliphatic hydroxyl groups is 1. The predicted molar refractivity (Wildman–Crippen MR) is 152 cm³/mol. The second-order valence-electron chi connectivity index (χ2n) is 8.12. The number of nitrogens with one attached hydrogen (secondary N) is 3. The van der Waals surface area contributed by atoms with Crippen LogP contribution in [0.5, 0.6) is 0 Å². The minimum atomic E-state index is -0.0622.